The minimum absolute atomic E-state index is 0.0196. The van der Waals surface area contributed by atoms with Crippen molar-refractivity contribution in [3.05, 3.63) is 35.9 Å². The lowest BCUT2D eigenvalue weighted by Gasteiger charge is -2.36. The Labute approximate surface area is 71.8 Å². The first-order chi connectivity index (χ1) is 5.79. The van der Waals surface area contributed by atoms with Gasteiger partial charge in [-0.15, -0.1) is 0 Å². The van der Waals surface area contributed by atoms with Gasteiger partial charge in [0.2, 0.25) is 0 Å². The summed E-state index contributed by atoms with van der Waals surface area (Å²) in [6.07, 6.45) is 0. The van der Waals surface area contributed by atoms with Gasteiger partial charge in [-0.1, -0.05) is 30.3 Å². The van der Waals surface area contributed by atoms with Gasteiger partial charge in [0.15, 0.2) is 5.78 Å². The number of carbonyl (C=O) groups excluding carboxylic acids is 1. The van der Waals surface area contributed by atoms with Gasteiger partial charge in [-0.05, 0) is 12.6 Å². The average Bonchev–Trinajstić information content (AvgIpc) is 2.05. The first-order valence-electron chi connectivity index (χ1n) is 4.07. The zero-order valence-corrected chi connectivity index (χ0v) is 7.03. The highest BCUT2D eigenvalue weighted by Gasteiger charge is 2.34. The van der Waals surface area contributed by atoms with Gasteiger partial charge in [0.05, 0.1) is 12.6 Å². The van der Waals surface area contributed by atoms with Crippen molar-refractivity contribution in [1.82, 2.24) is 4.90 Å². The van der Waals surface area contributed by atoms with Gasteiger partial charge in [-0.25, -0.2) is 0 Å². The fourth-order valence-electron chi connectivity index (χ4n) is 1.63. The maximum absolute atomic E-state index is 11.2. The second kappa shape index (κ2) is 2.72. The first kappa shape index (κ1) is 7.50. The second-order valence-electron chi connectivity index (χ2n) is 3.19. The molecule has 1 fully saturated rings. The summed E-state index contributed by atoms with van der Waals surface area (Å²) in [6, 6.07) is 9.92. The number of likely N-dealkylation sites (tertiary alicyclic amines) is 1. The van der Waals surface area contributed by atoms with Crippen LogP contribution in [0.25, 0.3) is 0 Å². The molecule has 1 aliphatic heterocycles. The largest absolute Gasteiger partial charge is 0.296 e. The fourth-order valence-corrected chi connectivity index (χ4v) is 1.63. The lowest BCUT2D eigenvalue weighted by molar-refractivity contribution is -0.134. The summed E-state index contributed by atoms with van der Waals surface area (Å²) in [6.45, 7) is 0.597. The molecule has 0 aliphatic carbocycles. The highest BCUT2D eigenvalue weighted by atomic mass is 16.1. The van der Waals surface area contributed by atoms with Crippen molar-refractivity contribution < 1.29 is 4.79 Å². The number of rotatable bonds is 1. The van der Waals surface area contributed by atoms with Crippen molar-refractivity contribution in [2.24, 2.45) is 0 Å². The number of ketones is 1. The summed E-state index contributed by atoms with van der Waals surface area (Å²) in [4.78, 5) is 13.3. The maximum Gasteiger partial charge on any atom is 0.168 e. The van der Waals surface area contributed by atoms with Gasteiger partial charge >= 0.3 is 0 Å². The lowest BCUT2D eigenvalue weighted by Crippen LogP contribution is -2.47. The van der Waals surface area contributed by atoms with E-state index in [1.165, 1.54) is 0 Å². The van der Waals surface area contributed by atoms with Gasteiger partial charge in [0.25, 0.3) is 0 Å². The molecule has 1 unspecified atom stereocenters. The van der Waals surface area contributed by atoms with E-state index in [9.17, 15) is 4.79 Å². The van der Waals surface area contributed by atoms with E-state index in [2.05, 4.69) is 4.90 Å². The van der Waals surface area contributed by atoms with Gasteiger partial charge < -0.3 is 0 Å². The Balaban J connectivity index is 2.26. The van der Waals surface area contributed by atoms with Crippen LogP contribution in [0.1, 0.15) is 11.6 Å². The van der Waals surface area contributed by atoms with E-state index in [1.54, 1.807) is 0 Å². The van der Waals surface area contributed by atoms with Gasteiger partial charge in [-0.3, -0.25) is 9.69 Å². The monoisotopic (exact) mass is 161 g/mol. The van der Waals surface area contributed by atoms with Crippen LogP contribution in [0.3, 0.4) is 0 Å². The molecule has 0 N–H and O–H groups in total. The predicted molar refractivity (Wildman–Crippen MR) is 46.8 cm³/mol. The number of hydrogen-bond donors (Lipinski definition) is 0. The zero-order valence-electron chi connectivity index (χ0n) is 7.03. The van der Waals surface area contributed by atoms with E-state index in [0.717, 1.165) is 5.56 Å². The minimum Gasteiger partial charge on any atom is -0.296 e. The second-order valence-corrected chi connectivity index (χ2v) is 3.19. The molecule has 2 rings (SSSR count). The molecule has 0 radical (unpaired) electrons. The van der Waals surface area contributed by atoms with Crippen LogP contribution in [-0.2, 0) is 4.79 Å². The third kappa shape index (κ3) is 1.04. The molecule has 1 aromatic rings. The summed E-state index contributed by atoms with van der Waals surface area (Å²) >= 11 is 0. The number of hydrogen-bond acceptors (Lipinski definition) is 2. The van der Waals surface area contributed by atoms with Crippen LogP contribution in [-0.4, -0.2) is 24.3 Å². The third-order valence-corrected chi connectivity index (χ3v) is 2.27. The van der Waals surface area contributed by atoms with E-state index < -0.39 is 0 Å². The van der Waals surface area contributed by atoms with Crippen molar-refractivity contribution >= 4 is 5.78 Å². The molecular formula is C10H11NO. The van der Waals surface area contributed by atoms with Crippen LogP contribution >= 0.6 is 0 Å². The normalized spacial score (nSPS) is 23.8. The zero-order chi connectivity index (χ0) is 8.55. The van der Waals surface area contributed by atoms with E-state index in [1.807, 2.05) is 37.4 Å². The van der Waals surface area contributed by atoms with E-state index in [4.69, 9.17) is 0 Å². The quantitative estimate of drug-likeness (QED) is 0.617. The van der Waals surface area contributed by atoms with E-state index >= 15 is 0 Å². The summed E-state index contributed by atoms with van der Waals surface area (Å²) in [5, 5.41) is 0. The topological polar surface area (TPSA) is 20.3 Å². The highest BCUT2D eigenvalue weighted by Crippen LogP contribution is 2.27. The molecule has 1 aromatic carbocycles. The van der Waals surface area contributed by atoms with Crippen LogP contribution in [0.5, 0.6) is 0 Å². The number of benzene rings is 1. The molecule has 1 aliphatic rings. The Kier molecular flexibility index (Phi) is 1.70. The lowest BCUT2D eigenvalue weighted by atomic mass is 9.94. The van der Waals surface area contributed by atoms with Crippen molar-refractivity contribution in [1.29, 1.82) is 0 Å². The summed E-state index contributed by atoms with van der Waals surface area (Å²) in [5.74, 6) is 0.323. The SMILES string of the molecule is CN1CC(=O)C1c1ccccc1. The van der Waals surface area contributed by atoms with Crippen LogP contribution in [0, 0.1) is 0 Å². The van der Waals surface area contributed by atoms with E-state index in [0.29, 0.717) is 12.3 Å². The van der Waals surface area contributed by atoms with E-state index in [-0.39, 0.29) is 6.04 Å². The number of carbonyl (C=O) groups is 1. The van der Waals surface area contributed by atoms with Crippen LogP contribution < -0.4 is 0 Å². The standard InChI is InChI=1S/C10H11NO/c1-11-7-9(12)10(11)8-5-3-2-4-6-8/h2-6,10H,7H2,1H3. The maximum atomic E-state index is 11.2. The smallest absolute Gasteiger partial charge is 0.168 e. The Bertz CT molecular complexity index is 294. The molecule has 2 nitrogen and oxygen atoms in total. The van der Waals surface area contributed by atoms with Crippen molar-refractivity contribution in [3.63, 3.8) is 0 Å². The Morgan fingerprint density at radius 3 is 2.50 bits per heavy atom. The van der Waals surface area contributed by atoms with Crippen LogP contribution in [0.15, 0.2) is 30.3 Å². The number of nitrogens with zero attached hydrogens (tertiary/aromatic N) is 1. The number of likely N-dealkylation sites (N-methyl/N-ethyl adjacent to an activating group) is 1. The molecule has 0 saturated carbocycles. The molecule has 0 spiro atoms. The Hall–Kier alpha value is -1.15. The van der Waals surface area contributed by atoms with Crippen LogP contribution in [0.4, 0.5) is 0 Å². The van der Waals surface area contributed by atoms with Crippen molar-refractivity contribution in [2.45, 2.75) is 6.04 Å². The highest BCUT2D eigenvalue weighted by molar-refractivity contribution is 5.92. The molecule has 0 bridgehead atoms. The molecule has 2 heteroatoms. The van der Waals surface area contributed by atoms with Gasteiger partial charge in [0, 0.05) is 0 Å². The van der Waals surface area contributed by atoms with Gasteiger partial charge in [-0.2, -0.15) is 0 Å². The minimum atomic E-state index is 0.0196. The fraction of sp³-hybridized carbons (Fsp3) is 0.300. The van der Waals surface area contributed by atoms with Crippen molar-refractivity contribution in [3.8, 4) is 0 Å². The molecule has 1 heterocycles. The van der Waals surface area contributed by atoms with Crippen molar-refractivity contribution in [2.75, 3.05) is 13.6 Å². The average molecular weight is 161 g/mol. The Morgan fingerprint density at radius 2 is 2.00 bits per heavy atom. The molecule has 1 saturated heterocycles. The molecule has 12 heavy (non-hydrogen) atoms. The summed E-state index contributed by atoms with van der Waals surface area (Å²) in [7, 11) is 1.97. The molecule has 62 valence electrons. The van der Waals surface area contributed by atoms with Crippen LogP contribution in [0.2, 0.25) is 0 Å². The first-order valence-corrected chi connectivity index (χ1v) is 4.07. The molecule has 0 aromatic heterocycles. The van der Waals surface area contributed by atoms with Gasteiger partial charge in [0.1, 0.15) is 0 Å². The molecule has 1 atom stereocenters. The summed E-state index contributed by atoms with van der Waals surface area (Å²) in [5.41, 5.74) is 1.11. The number of Topliss-reactive ketones (excluding diaryl/α,β-unsaturated/α-hetero) is 1. The predicted octanol–water partition coefficient (Wildman–Crippen LogP) is 1.24. The Morgan fingerprint density at radius 1 is 1.33 bits per heavy atom. The molecule has 0 amide bonds. The third-order valence-electron chi connectivity index (χ3n) is 2.27. The summed E-state index contributed by atoms with van der Waals surface area (Å²) < 4.78 is 0. The molecular weight excluding hydrogens is 150 g/mol.